The van der Waals surface area contributed by atoms with Crippen molar-refractivity contribution in [3.05, 3.63) is 36.4 Å². The van der Waals surface area contributed by atoms with Gasteiger partial charge in [0.1, 0.15) is 5.82 Å². The zero-order valence-electron chi connectivity index (χ0n) is 18.8. The van der Waals surface area contributed by atoms with Crippen LogP contribution in [0.3, 0.4) is 0 Å². The standard InChI is InChI=1S/C25H33N5O2/c1-17(31)26-22-4-2-19(3-5-22)24-6-7-25(29-28-24)27-23-12-20-15-30(16-21(20)13-23)14-18-8-10-32-11-9-18/h2-7,18,20-21,23H,8-16H2,1H3,(H,26,31)(H,27,29)/t20-,21?,23?/m1/s1. The molecule has 7 heteroatoms. The number of hydrogen-bond acceptors (Lipinski definition) is 6. The van der Waals surface area contributed by atoms with E-state index in [1.807, 2.05) is 36.4 Å². The van der Waals surface area contributed by atoms with Crippen LogP contribution >= 0.6 is 0 Å². The largest absolute Gasteiger partial charge is 0.381 e. The van der Waals surface area contributed by atoms with Gasteiger partial charge in [-0.15, -0.1) is 10.2 Å². The SMILES string of the molecule is CC(=O)Nc1ccc(-c2ccc(NC3CC4CN(CC5CCOCC5)C[C@H]4C3)nn2)cc1. The third-order valence-electron chi connectivity index (χ3n) is 7.20. The molecule has 3 fully saturated rings. The first-order chi connectivity index (χ1) is 15.6. The molecule has 1 aliphatic carbocycles. The van der Waals surface area contributed by atoms with Crippen LogP contribution in [0.2, 0.25) is 0 Å². The number of nitrogens with zero attached hydrogens (tertiary/aromatic N) is 3. The van der Waals surface area contributed by atoms with Crippen LogP contribution in [0.5, 0.6) is 0 Å². The van der Waals surface area contributed by atoms with Crippen LogP contribution in [0.25, 0.3) is 11.3 Å². The molecular formula is C25H33N5O2. The fourth-order valence-electron chi connectivity index (χ4n) is 5.66. The maximum absolute atomic E-state index is 11.2. The fourth-order valence-corrected chi connectivity index (χ4v) is 5.66. The summed E-state index contributed by atoms with van der Waals surface area (Å²) in [5.41, 5.74) is 2.60. The number of ether oxygens (including phenoxy) is 1. The number of carbonyl (C=O) groups excluding carboxylic acids is 1. The van der Waals surface area contributed by atoms with Crippen LogP contribution in [-0.4, -0.2) is 59.9 Å². The summed E-state index contributed by atoms with van der Waals surface area (Å²) in [6, 6.07) is 12.2. The molecule has 0 spiro atoms. The van der Waals surface area contributed by atoms with E-state index in [9.17, 15) is 4.79 Å². The average Bonchev–Trinajstić information content (AvgIpc) is 3.33. The summed E-state index contributed by atoms with van der Waals surface area (Å²) >= 11 is 0. The lowest BCUT2D eigenvalue weighted by Crippen LogP contribution is -2.32. The molecule has 7 nitrogen and oxygen atoms in total. The summed E-state index contributed by atoms with van der Waals surface area (Å²) in [5.74, 6) is 3.22. The Morgan fingerprint density at radius 2 is 1.75 bits per heavy atom. The second-order valence-electron chi connectivity index (χ2n) is 9.67. The summed E-state index contributed by atoms with van der Waals surface area (Å²) in [5, 5.41) is 15.2. The minimum Gasteiger partial charge on any atom is -0.381 e. The number of likely N-dealkylation sites (tertiary alicyclic amines) is 1. The van der Waals surface area contributed by atoms with Crippen molar-refractivity contribution >= 4 is 17.4 Å². The number of rotatable bonds is 6. The Labute approximate surface area is 189 Å². The smallest absolute Gasteiger partial charge is 0.221 e. The zero-order valence-corrected chi connectivity index (χ0v) is 18.8. The van der Waals surface area contributed by atoms with Crippen molar-refractivity contribution in [2.75, 3.05) is 43.5 Å². The molecule has 3 heterocycles. The second-order valence-corrected chi connectivity index (χ2v) is 9.67. The first kappa shape index (κ1) is 21.3. The van der Waals surface area contributed by atoms with Gasteiger partial charge in [0.2, 0.25) is 5.91 Å². The molecule has 170 valence electrons. The van der Waals surface area contributed by atoms with Gasteiger partial charge in [-0.1, -0.05) is 12.1 Å². The second kappa shape index (κ2) is 9.55. The summed E-state index contributed by atoms with van der Waals surface area (Å²) in [6.07, 6.45) is 4.90. The third kappa shape index (κ3) is 5.10. The number of nitrogens with one attached hydrogen (secondary N) is 2. The van der Waals surface area contributed by atoms with Gasteiger partial charge in [0.05, 0.1) is 5.69 Å². The highest BCUT2D eigenvalue weighted by atomic mass is 16.5. The van der Waals surface area contributed by atoms with E-state index in [4.69, 9.17) is 4.74 Å². The molecule has 5 rings (SSSR count). The molecule has 2 N–H and O–H groups in total. The molecule has 0 bridgehead atoms. The van der Waals surface area contributed by atoms with Crippen molar-refractivity contribution in [3.63, 3.8) is 0 Å². The van der Waals surface area contributed by atoms with Crippen LogP contribution in [0, 0.1) is 17.8 Å². The minimum atomic E-state index is -0.0731. The maximum Gasteiger partial charge on any atom is 0.221 e. The van der Waals surface area contributed by atoms with E-state index < -0.39 is 0 Å². The van der Waals surface area contributed by atoms with E-state index in [1.54, 1.807) is 0 Å². The summed E-state index contributed by atoms with van der Waals surface area (Å²) < 4.78 is 5.51. The molecule has 2 aromatic rings. The highest BCUT2D eigenvalue weighted by molar-refractivity contribution is 5.88. The topological polar surface area (TPSA) is 79.4 Å². The highest BCUT2D eigenvalue weighted by Gasteiger charge is 2.41. The molecule has 1 aromatic heterocycles. The number of amides is 1. The number of benzene rings is 1. The molecule has 1 saturated carbocycles. The van der Waals surface area contributed by atoms with E-state index in [-0.39, 0.29) is 5.91 Å². The number of hydrogen-bond donors (Lipinski definition) is 2. The Balaban J connectivity index is 1.11. The fraction of sp³-hybridized carbons (Fsp3) is 0.560. The van der Waals surface area contributed by atoms with Gasteiger partial charge in [0.15, 0.2) is 0 Å². The summed E-state index contributed by atoms with van der Waals surface area (Å²) in [6.45, 7) is 7.15. The van der Waals surface area contributed by atoms with E-state index in [2.05, 4.69) is 25.7 Å². The van der Waals surface area contributed by atoms with Crippen LogP contribution < -0.4 is 10.6 Å². The van der Waals surface area contributed by atoms with Gasteiger partial charge in [-0.05, 0) is 67.7 Å². The molecular weight excluding hydrogens is 402 g/mol. The molecule has 0 radical (unpaired) electrons. The average molecular weight is 436 g/mol. The first-order valence-corrected chi connectivity index (χ1v) is 11.9. The van der Waals surface area contributed by atoms with Crippen molar-refractivity contribution in [2.24, 2.45) is 17.8 Å². The Morgan fingerprint density at radius 1 is 1.03 bits per heavy atom. The maximum atomic E-state index is 11.2. The van der Waals surface area contributed by atoms with E-state index in [1.165, 1.54) is 52.2 Å². The van der Waals surface area contributed by atoms with Gasteiger partial charge in [-0.3, -0.25) is 4.79 Å². The van der Waals surface area contributed by atoms with Crippen molar-refractivity contribution < 1.29 is 9.53 Å². The minimum absolute atomic E-state index is 0.0731. The zero-order chi connectivity index (χ0) is 21.9. The highest BCUT2D eigenvalue weighted by Crippen LogP contribution is 2.39. The van der Waals surface area contributed by atoms with Crippen LogP contribution in [-0.2, 0) is 9.53 Å². The Hall–Kier alpha value is -2.51. The molecule has 32 heavy (non-hydrogen) atoms. The summed E-state index contributed by atoms with van der Waals surface area (Å²) in [7, 11) is 0. The van der Waals surface area contributed by atoms with Crippen molar-refractivity contribution in [2.45, 2.75) is 38.6 Å². The normalized spacial score (nSPS) is 26.1. The Kier molecular flexibility index (Phi) is 6.37. The molecule has 3 aliphatic rings. The molecule has 2 saturated heterocycles. The van der Waals surface area contributed by atoms with Crippen LogP contribution in [0.1, 0.15) is 32.6 Å². The molecule has 3 atom stereocenters. The number of fused-ring (bicyclic) bond motifs is 1. The van der Waals surface area contributed by atoms with Crippen LogP contribution in [0.4, 0.5) is 11.5 Å². The number of carbonyl (C=O) groups is 1. The van der Waals surface area contributed by atoms with Crippen molar-refractivity contribution in [1.82, 2.24) is 15.1 Å². The van der Waals surface area contributed by atoms with Gasteiger partial charge in [-0.25, -0.2) is 0 Å². The monoisotopic (exact) mass is 435 g/mol. The van der Waals surface area contributed by atoms with Gasteiger partial charge in [0, 0.05) is 57.1 Å². The Morgan fingerprint density at radius 3 is 2.38 bits per heavy atom. The van der Waals surface area contributed by atoms with Gasteiger partial charge in [-0.2, -0.15) is 0 Å². The van der Waals surface area contributed by atoms with Gasteiger partial charge >= 0.3 is 0 Å². The quantitative estimate of drug-likeness (QED) is 0.721. The predicted molar refractivity (Wildman–Crippen MR) is 125 cm³/mol. The Bertz CT molecular complexity index is 897. The molecule has 1 aromatic carbocycles. The molecule has 2 unspecified atom stereocenters. The van der Waals surface area contributed by atoms with E-state index >= 15 is 0 Å². The van der Waals surface area contributed by atoms with Crippen LogP contribution in [0.15, 0.2) is 36.4 Å². The number of aromatic nitrogens is 2. The lowest BCUT2D eigenvalue weighted by atomic mass is 10.00. The third-order valence-corrected chi connectivity index (χ3v) is 7.20. The van der Waals surface area contributed by atoms with Crippen molar-refractivity contribution in [1.29, 1.82) is 0 Å². The summed E-state index contributed by atoms with van der Waals surface area (Å²) in [4.78, 5) is 13.9. The van der Waals surface area contributed by atoms with Gasteiger partial charge < -0.3 is 20.3 Å². The van der Waals surface area contributed by atoms with E-state index in [0.717, 1.165) is 53.7 Å². The molecule has 2 aliphatic heterocycles. The molecule has 1 amide bonds. The van der Waals surface area contributed by atoms with E-state index in [0.29, 0.717) is 6.04 Å². The first-order valence-electron chi connectivity index (χ1n) is 11.9. The van der Waals surface area contributed by atoms with Gasteiger partial charge in [0.25, 0.3) is 0 Å². The number of anilines is 2. The van der Waals surface area contributed by atoms with Crippen molar-refractivity contribution in [3.8, 4) is 11.3 Å². The lowest BCUT2D eigenvalue weighted by molar-refractivity contribution is -0.114. The lowest BCUT2D eigenvalue weighted by Gasteiger charge is -2.27. The predicted octanol–water partition coefficient (Wildman–Crippen LogP) is 3.65.